The molecule has 0 saturated carbocycles. The number of hydrazone groups is 1. The lowest BCUT2D eigenvalue weighted by molar-refractivity contribution is -0.384. The van der Waals surface area contributed by atoms with E-state index in [9.17, 15) is 10.1 Å². The Morgan fingerprint density at radius 3 is 2.55 bits per heavy atom. The number of hydrogen-bond acceptors (Lipinski definition) is 4. The van der Waals surface area contributed by atoms with Crippen LogP contribution in [0.3, 0.4) is 0 Å². The van der Waals surface area contributed by atoms with E-state index in [-0.39, 0.29) is 5.69 Å². The molecule has 0 heterocycles. The minimum absolute atomic E-state index is 0.00554. The third-order valence-corrected chi connectivity index (χ3v) is 2.89. The van der Waals surface area contributed by atoms with Gasteiger partial charge in [-0.1, -0.05) is 43.3 Å². The van der Waals surface area contributed by atoms with Gasteiger partial charge >= 0.3 is 0 Å². The smallest absolute Gasteiger partial charge is 0.272 e. The van der Waals surface area contributed by atoms with E-state index in [2.05, 4.69) is 17.5 Å². The zero-order chi connectivity index (χ0) is 14.4. The summed E-state index contributed by atoms with van der Waals surface area (Å²) in [4.78, 5) is 10.4. The van der Waals surface area contributed by atoms with Crippen molar-refractivity contribution in [3.63, 3.8) is 0 Å². The van der Waals surface area contributed by atoms with Crippen molar-refractivity contribution in [2.24, 2.45) is 5.10 Å². The van der Waals surface area contributed by atoms with Crippen LogP contribution in [0.2, 0.25) is 0 Å². The molecule has 0 aliphatic carbocycles. The average Bonchev–Trinajstić information content (AvgIpc) is 2.48. The molecular formula is C15H15N3O2. The largest absolute Gasteiger partial charge is 0.294 e. The van der Waals surface area contributed by atoms with Crippen molar-refractivity contribution >= 4 is 17.6 Å². The number of nitro groups is 1. The van der Waals surface area contributed by atoms with E-state index in [1.54, 1.807) is 24.4 Å². The predicted octanol–water partition coefficient (Wildman–Crippen LogP) is 3.60. The molecular weight excluding hydrogens is 254 g/mol. The maximum absolute atomic E-state index is 10.8. The number of hydrogen-bond donors (Lipinski definition) is 1. The quantitative estimate of drug-likeness (QED) is 0.512. The van der Waals surface area contributed by atoms with Crippen LogP contribution in [0, 0.1) is 10.1 Å². The number of anilines is 1. The first-order valence-corrected chi connectivity index (χ1v) is 6.32. The molecule has 2 rings (SSSR count). The molecule has 0 spiro atoms. The molecule has 0 aromatic heterocycles. The Balaban J connectivity index is 2.08. The van der Waals surface area contributed by atoms with Gasteiger partial charge in [-0.15, -0.1) is 0 Å². The summed E-state index contributed by atoms with van der Waals surface area (Å²) in [7, 11) is 0. The summed E-state index contributed by atoms with van der Waals surface area (Å²) in [6.45, 7) is 2.10. The molecule has 0 atom stereocenters. The van der Waals surface area contributed by atoms with E-state index < -0.39 is 4.92 Å². The Morgan fingerprint density at radius 1 is 1.20 bits per heavy atom. The summed E-state index contributed by atoms with van der Waals surface area (Å²) in [5, 5.41) is 14.9. The Hall–Kier alpha value is -2.69. The topological polar surface area (TPSA) is 67.5 Å². The monoisotopic (exact) mass is 269 g/mol. The number of aryl methyl sites for hydroxylation is 1. The molecule has 2 aromatic carbocycles. The normalized spacial score (nSPS) is 10.7. The fraction of sp³-hybridized carbons (Fsp3) is 0.133. The molecule has 0 aliphatic heterocycles. The van der Waals surface area contributed by atoms with Crippen LogP contribution in [0.1, 0.15) is 18.1 Å². The second-order valence-electron chi connectivity index (χ2n) is 4.24. The predicted molar refractivity (Wildman–Crippen MR) is 80.1 cm³/mol. The van der Waals surface area contributed by atoms with Crippen molar-refractivity contribution in [3.05, 3.63) is 69.8 Å². The van der Waals surface area contributed by atoms with Crippen LogP contribution in [-0.2, 0) is 6.42 Å². The summed E-state index contributed by atoms with van der Waals surface area (Å²) < 4.78 is 0. The second kappa shape index (κ2) is 6.47. The maximum Gasteiger partial charge on any atom is 0.294 e. The maximum atomic E-state index is 10.8. The Morgan fingerprint density at radius 2 is 1.90 bits per heavy atom. The average molecular weight is 269 g/mol. The van der Waals surface area contributed by atoms with Crippen molar-refractivity contribution in [2.45, 2.75) is 13.3 Å². The van der Waals surface area contributed by atoms with Gasteiger partial charge in [-0.05, 0) is 23.6 Å². The number of rotatable bonds is 5. The van der Waals surface area contributed by atoms with Crippen LogP contribution in [0.5, 0.6) is 0 Å². The highest BCUT2D eigenvalue weighted by Crippen LogP contribution is 2.22. The van der Waals surface area contributed by atoms with Crippen molar-refractivity contribution in [3.8, 4) is 0 Å². The Kier molecular flexibility index (Phi) is 4.44. The third-order valence-electron chi connectivity index (χ3n) is 2.89. The van der Waals surface area contributed by atoms with Crippen LogP contribution in [0.15, 0.2) is 53.6 Å². The van der Waals surface area contributed by atoms with Gasteiger partial charge in [0.05, 0.1) is 11.1 Å². The minimum atomic E-state index is -0.437. The SMILES string of the molecule is CCc1ccc(/C=N/Nc2ccccc2[N+](=O)[O-])cc1. The summed E-state index contributed by atoms with van der Waals surface area (Å²) >= 11 is 0. The summed E-state index contributed by atoms with van der Waals surface area (Å²) in [6, 6.07) is 14.4. The molecule has 1 N–H and O–H groups in total. The lowest BCUT2D eigenvalue weighted by Crippen LogP contribution is -1.96. The zero-order valence-corrected chi connectivity index (χ0v) is 11.1. The fourth-order valence-electron chi connectivity index (χ4n) is 1.74. The van der Waals surface area contributed by atoms with Crippen LogP contribution >= 0.6 is 0 Å². The van der Waals surface area contributed by atoms with E-state index in [4.69, 9.17) is 0 Å². The van der Waals surface area contributed by atoms with Gasteiger partial charge in [0.2, 0.25) is 0 Å². The van der Waals surface area contributed by atoms with Crippen LogP contribution < -0.4 is 5.43 Å². The highest BCUT2D eigenvalue weighted by atomic mass is 16.6. The molecule has 5 nitrogen and oxygen atoms in total. The number of nitrogens with zero attached hydrogens (tertiary/aromatic N) is 2. The number of nitrogens with one attached hydrogen (secondary N) is 1. The van der Waals surface area contributed by atoms with Gasteiger partial charge in [0, 0.05) is 6.07 Å². The van der Waals surface area contributed by atoms with Gasteiger partial charge in [-0.3, -0.25) is 15.5 Å². The van der Waals surface area contributed by atoms with E-state index in [1.807, 2.05) is 24.3 Å². The number of para-hydroxylation sites is 2. The van der Waals surface area contributed by atoms with Gasteiger partial charge in [0.15, 0.2) is 0 Å². The molecule has 0 unspecified atom stereocenters. The Labute approximate surface area is 117 Å². The molecule has 2 aromatic rings. The molecule has 0 aliphatic rings. The van der Waals surface area contributed by atoms with E-state index in [0.29, 0.717) is 5.69 Å². The zero-order valence-electron chi connectivity index (χ0n) is 11.1. The molecule has 0 saturated heterocycles. The second-order valence-corrected chi connectivity index (χ2v) is 4.24. The van der Waals surface area contributed by atoms with Gasteiger partial charge in [0.1, 0.15) is 5.69 Å². The molecule has 0 fully saturated rings. The molecule has 102 valence electrons. The molecule has 0 bridgehead atoms. The first kappa shape index (κ1) is 13.7. The molecule has 0 amide bonds. The standard InChI is InChI=1S/C15H15N3O2/c1-2-12-7-9-13(10-8-12)11-16-17-14-5-3-4-6-15(14)18(19)20/h3-11,17H,2H2,1H3/b16-11+. The van der Waals surface area contributed by atoms with Gasteiger partial charge < -0.3 is 0 Å². The lowest BCUT2D eigenvalue weighted by Gasteiger charge is -2.01. The summed E-state index contributed by atoms with van der Waals surface area (Å²) in [6.07, 6.45) is 2.63. The Bertz CT molecular complexity index is 621. The minimum Gasteiger partial charge on any atom is -0.272 e. The lowest BCUT2D eigenvalue weighted by atomic mass is 10.1. The third kappa shape index (κ3) is 3.41. The van der Waals surface area contributed by atoms with Crippen LogP contribution in [-0.4, -0.2) is 11.1 Å². The van der Waals surface area contributed by atoms with Crippen molar-refractivity contribution < 1.29 is 4.92 Å². The highest BCUT2D eigenvalue weighted by molar-refractivity contribution is 5.80. The fourth-order valence-corrected chi connectivity index (χ4v) is 1.74. The van der Waals surface area contributed by atoms with Crippen molar-refractivity contribution in [1.29, 1.82) is 0 Å². The molecule has 20 heavy (non-hydrogen) atoms. The van der Waals surface area contributed by atoms with Gasteiger partial charge in [-0.25, -0.2) is 0 Å². The molecule has 0 radical (unpaired) electrons. The van der Waals surface area contributed by atoms with Crippen molar-refractivity contribution in [1.82, 2.24) is 0 Å². The van der Waals surface area contributed by atoms with E-state index in [0.717, 1.165) is 12.0 Å². The van der Waals surface area contributed by atoms with Gasteiger partial charge in [0.25, 0.3) is 5.69 Å². The van der Waals surface area contributed by atoms with Crippen molar-refractivity contribution in [2.75, 3.05) is 5.43 Å². The highest BCUT2D eigenvalue weighted by Gasteiger charge is 2.10. The molecule has 5 heteroatoms. The summed E-state index contributed by atoms with van der Waals surface area (Å²) in [5.41, 5.74) is 5.28. The first-order chi connectivity index (χ1) is 9.70. The van der Waals surface area contributed by atoms with Gasteiger partial charge in [-0.2, -0.15) is 5.10 Å². The van der Waals surface area contributed by atoms with Crippen LogP contribution in [0.25, 0.3) is 0 Å². The summed E-state index contributed by atoms with van der Waals surface area (Å²) in [5.74, 6) is 0. The van der Waals surface area contributed by atoms with Crippen LogP contribution in [0.4, 0.5) is 11.4 Å². The first-order valence-electron chi connectivity index (χ1n) is 6.32. The number of benzene rings is 2. The van der Waals surface area contributed by atoms with E-state index in [1.165, 1.54) is 11.6 Å². The number of nitro benzene ring substituents is 1. The van der Waals surface area contributed by atoms with E-state index >= 15 is 0 Å².